The molecule has 1 aliphatic carbocycles. The summed E-state index contributed by atoms with van der Waals surface area (Å²) in [5.41, 5.74) is 0.543. The van der Waals surface area contributed by atoms with Crippen LogP contribution in [-0.2, 0) is 4.79 Å². The largest absolute Gasteiger partial charge is 0.434 e. The van der Waals surface area contributed by atoms with Gasteiger partial charge in [-0.2, -0.15) is 8.78 Å². The quantitative estimate of drug-likeness (QED) is 0.775. The van der Waals surface area contributed by atoms with Crippen LogP contribution >= 0.6 is 0 Å². The summed E-state index contributed by atoms with van der Waals surface area (Å²) >= 11 is 0. The number of benzene rings is 1. The summed E-state index contributed by atoms with van der Waals surface area (Å²) < 4.78 is 29.2. The van der Waals surface area contributed by atoms with Gasteiger partial charge in [0.1, 0.15) is 5.75 Å². The van der Waals surface area contributed by atoms with Crippen LogP contribution in [0.5, 0.6) is 5.75 Å². The molecule has 2 N–H and O–H groups in total. The minimum Gasteiger partial charge on any atom is -0.434 e. The maximum Gasteiger partial charge on any atom is 0.387 e. The van der Waals surface area contributed by atoms with Crippen LogP contribution in [0.1, 0.15) is 37.8 Å². The number of hydrogen-bond acceptors (Lipinski definition) is 3. The summed E-state index contributed by atoms with van der Waals surface area (Å²) in [7, 11) is 0. The molecule has 0 aliphatic heterocycles. The van der Waals surface area contributed by atoms with Crippen molar-refractivity contribution in [2.24, 2.45) is 0 Å². The number of ether oxygens (including phenoxy) is 1. The summed E-state index contributed by atoms with van der Waals surface area (Å²) in [6.45, 7) is -0.491. The number of carbonyl (C=O) groups excluding carboxylic acids is 1. The lowest BCUT2D eigenvalue weighted by Gasteiger charge is -2.18. The molecule has 4 nitrogen and oxygen atoms in total. The van der Waals surface area contributed by atoms with Crippen molar-refractivity contribution < 1.29 is 18.3 Å². The Kier molecular flexibility index (Phi) is 5.50. The number of halogens is 2. The molecule has 116 valence electrons. The van der Waals surface area contributed by atoms with E-state index < -0.39 is 6.61 Å². The number of amides is 1. The summed E-state index contributed by atoms with van der Waals surface area (Å²) in [4.78, 5) is 11.8. The molecule has 1 saturated carbocycles. The van der Waals surface area contributed by atoms with E-state index in [1.807, 2.05) is 0 Å². The lowest BCUT2D eigenvalue weighted by Crippen LogP contribution is -2.30. The molecule has 1 aromatic rings. The van der Waals surface area contributed by atoms with Crippen molar-refractivity contribution in [3.05, 3.63) is 29.8 Å². The van der Waals surface area contributed by atoms with E-state index in [0.717, 1.165) is 0 Å². The molecular formula is C15H20F2N2O2. The van der Waals surface area contributed by atoms with Crippen LogP contribution in [0.3, 0.4) is 0 Å². The van der Waals surface area contributed by atoms with Gasteiger partial charge in [-0.25, -0.2) is 0 Å². The summed E-state index contributed by atoms with van der Waals surface area (Å²) in [6.07, 6.45) is 2.73. The molecule has 1 fully saturated rings. The summed E-state index contributed by atoms with van der Waals surface area (Å²) in [6, 6.07) is 6.67. The average Bonchev–Trinajstić information content (AvgIpc) is 3.22. The fourth-order valence-corrected chi connectivity index (χ4v) is 2.11. The monoisotopic (exact) mass is 298 g/mol. The van der Waals surface area contributed by atoms with Crippen molar-refractivity contribution in [1.29, 1.82) is 0 Å². The first-order chi connectivity index (χ1) is 10.1. The third kappa shape index (κ3) is 5.30. The molecule has 0 heterocycles. The second-order valence-electron chi connectivity index (χ2n) is 5.18. The van der Waals surface area contributed by atoms with Crippen LogP contribution in [0.25, 0.3) is 0 Å². The Morgan fingerprint density at radius 3 is 2.76 bits per heavy atom. The van der Waals surface area contributed by atoms with Gasteiger partial charge in [0.2, 0.25) is 5.91 Å². The van der Waals surface area contributed by atoms with Crippen molar-refractivity contribution in [2.75, 3.05) is 6.54 Å². The van der Waals surface area contributed by atoms with Crippen molar-refractivity contribution >= 4 is 5.91 Å². The topological polar surface area (TPSA) is 50.4 Å². The fourth-order valence-electron chi connectivity index (χ4n) is 2.11. The van der Waals surface area contributed by atoms with Gasteiger partial charge in [0.25, 0.3) is 0 Å². The van der Waals surface area contributed by atoms with Crippen LogP contribution in [-0.4, -0.2) is 25.1 Å². The number of para-hydroxylation sites is 1. The Morgan fingerprint density at radius 2 is 2.10 bits per heavy atom. The van der Waals surface area contributed by atoms with E-state index in [-0.39, 0.29) is 17.7 Å². The van der Waals surface area contributed by atoms with E-state index in [2.05, 4.69) is 15.4 Å². The molecule has 1 aliphatic rings. The van der Waals surface area contributed by atoms with Crippen LogP contribution < -0.4 is 15.4 Å². The molecular weight excluding hydrogens is 278 g/mol. The first kappa shape index (κ1) is 15.7. The molecule has 6 heteroatoms. The highest BCUT2D eigenvalue weighted by Crippen LogP contribution is 2.26. The van der Waals surface area contributed by atoms with Crippen LogP contribution in [0.4, 0.5) is 8.78 Å². The highest BCUT2D eigenvalue weighted by atomic mass is 19.3. The van der Waals surface area contributed by atoms with Gasteiger partial charge < -0.3 is 15.4 Å². The van der Waals surface area contributed by atoms with Gasteiger partial charge in [-0.1, -0.05) is 18.2 Å². The van der Waals surface area contributed by atoms with Crippen molar-refractivity contribution in [1.82, 2.24) is 10.6 Å². The predicted octanol–water partition coefficient (Wildman–Crippen LogP) is 2.61. The molecule has 2 rings (SSSR count). The Hall–Kier alpha value is -1.69. The molecule has 0 bridgehead atoms. The Labute approximate surface area is 122 Å². The zero-order chi connectivity index (χ0) is 15.2. The van der Waals surface area contributed by atoms with Gasteiger partial charge in [-0.3, -0.25) is 4.79 Å². The molecule has 0 saturated heterocycles. The molecule has 1 amide bonds. The van der Waals surface area contributed by atoms with Gasteiger partial charge in [-0.05, 0) is 25.8 Å². The second-order valence-corrected chi connectivity index (χ2v) is 5.18. The Bertz CT molecular complexity index is 478. The Morgan fingerprint density at radius 1 is 1.38 bits per heavy atom. The van der Waals surface area contributed by atoms with Crippen LogP contribution in [0, 0.1) is 0 Å². The van der Waals surface area contributed by atoms with Crippen LogP contribution in [0.15, 0.2) is 24.3 Å². The Balaban J connectivity index is 1.86. The maximum atomic E-state index is 12.4. The second kappa shape index (κ2) is 7.36. The van der Waals surface area contributed by atoms with E-state index in [9.17, 15) is 13.6 Å². The SMILES string of the molecule is CC(NC(=O)CCNC1CC1)c1ccccc1OC(F)F. The van der Waals surface area contributed by atoms with Crippen molar-refractivity contribution in [2.45, 2.75) is 44.9 Å². The zero-order valence-corrected chi connectivity index (χ0v) is 11.9. The number of nitrogens with one attached hydrogen (secondary N) is 2. The highest BCUT2D eigenvalue weighted by molar-refractivity contribution is 5.76. The lowest BCUT2D eigenvalue weighted by molar-refractivity contribution is -0.121. The zero-order valence-electron chi connectivity index (χ0n) is 11.9. The van der Waals surface area contributed by atoms with E-state index in [1.165, 1.54) is 18.9 Å². The van der Waals surface area contributed by atoms with Gasteiger partial charge in [0.15, 0.2) is 0 Å². The van der Waals surface area contributed by atoms with Gasteiger partial charge in [0, 0.05) is 24.6 Å². The van der Waals surface area contributed by atoms with Gasteiger partial charge >= 0.3 is 6.61 Å². The number of hydrogen-bond donors (Lipinski definition) is 2. The molecule has 1 atom stereocenters. The number of alkyl halides is 2. The normalized spacial score (nSPS) is 15.8. The predicted molar refractivity (Wildman–Crippen MR) is 75.3 cm³/mol. The van der Waals surface area contributed by atoms with Gasteiger partial charge in [-0.15, -0.1) is 0 Å². The molecule has 0 spiro atoms. The van der Waals surface area contributed by atoms with E-state index >= 15 is 0 Å². The van der Waals surface area contributed by atoms with Crippen LogP contribution in [0.2, 0.25) is 0 Å². The first-order valence-electron chi connectivity index (χ1n) is 7.12. The van der Waals surface area contributed by atoms with E-state index in [0.29, 0.717) is 24.6 Å². The fraction of sp³-hybridized carbons (Fsp3) is 0.533. The van der Waals surface area contributed by atoms with Crippen molar-refractivity contribution in [3.63, 3.8) is 0 Å². The van der Waals surface area contributed by atoms with E-state index in [4.69, 9.17) is 0 Å². The minimum absolute atomic E-state index is 0.0939. The highest BCUT2D eigenvalue weighted by Gasteiger charge is 2.20. The number of carbonyl (C=O) groups is 1. The smallest absolute Gasteiger partial charge is 0.387 e. The lowest BCUT2D eigenvalue weighted by atomic mass is 10.1. The third-order valence-electron chi connectivity index (χ3n) is 3.34. The molecule has 1 aromatic carbocycles. The molecule has 1 unspecified atom stereocenters. The molecule has 21 heavy (non-hydrogen) atoms. The minimum atomic E-state index is -2.88. The molecule has 0 radical (unpaired) electrons. The first-order valence-corrected chi connectivity index (χ1v) is 7.12. The number of rotatable bonds is 8. The van der Waals surface area contributed by atoms with E-state index in [1.54, 1.807) is 25.1 Å². The van der Waals surface area contributed by atoms with Gasteiger partial charge in [0.05, 0.1) is 6.04 Å². The van der Waals surface area contributed by atoms with Crippen molar-refractivity contribution in [3.8, 4) is 5.75 Å². The maximum absolute atomic E-state index is 12.4. The molecule has 0 aromatic heterocycles. The summed E-state index contributed by atoms with van der Waals surface area (Å²) in [5.74, 6) is -0.0149. The standard InChI is InChI=1S/C15H20F2N2O2/c1-10(19-14(20)8-9-18-11-6-7-11)12-4-2-3-5-13(12)21-15(16)17/h2-5,10-11,15,18H,6-9H2,1H3,(H,19,20). The average molecular weight is 298 g/mol. The third-order valence-corrected chi connectivity index (χ3v) is 3.34. The summed E-state index contributed by atoms with van der Waals surface area (Å²) in [5, 5.41) is 6.05.